The fraction of sp³-hybridized carbons (Fsp3) is 0.263. The molecule has 27 heavy (non-hydrogen) atoms. The molecule has 0 radical (unpaired) electrons. The Morgan fingerprint density at radius 1 is 1.07 bits per heavy atom. The van der Waals surface area contributed by atoms with Gasteiger partial charge in [-0.25, -0.2) is 4.98 Å². The van der Waals surface area contributed by atoms with Crippen LogP contribution >= 0.6 is 11.8 Å². The number of ether oxygens (including phenoxy) is 1. The first kappa shape index (κ1) is 17.7. The number of rotatable bonds is 7. The number of methoxy groups -OCH3 is 1. The SMILES string of the molecule is COCCn1c(S[C@@H](C)c2nnnn2-c2ccccc2)nc2ccccc21. The van der Waals surface area contributed by atoms with E-state index in [2.05, 4.69) is 33.1 Å². The molecule has 0 bridgehead atoms. The van der Waals surface area contributed by atoms with E-state index < -0.39 is 0 Å². The summed E-state index contributed by atoms with van der Waals surface area (Å²) in [4.78, 5) is 4.81. The number of imidazole rings is 1. The molecule has 0 amide bonds. The van der Waals surface area contributed by atoms with Gasteiger partial charge in [0.1, 0.15) is 0 Å². The minimum Gasteiger partial charge on any atom is -0.383 e. The van der Waals surface area contributed by atoms with Gasteiger partial charge in [0, 0.05) is 13.7 Å². The predicted molar refractivity (Wildman–Crippen MR) is 105 cm³/mol. The van der Waals surface area contributed by atoms with Crippen LogP contribution in [0.1, 0.15) is 18.0 Å². The second-order valence-electron chi connectivity index (χ2n) is 6.07. The van der Waals surface area contributed by atoms with Gasteiger partial charge in [-0.3, -0.25) is 0 Å². The van der Waals surface area contributed by atoms with E-state index in [1.807, 2.05) is 48.5 Å². The number of benzene rings is 2. The summed E-state index contributed by atoms with van der Waals surface area (Å²) in [5, 5.41) is 13.3. The Morgan fingerprint density at radius 2 is 1.85 bits per heavy atom. The minimum atomic E-state index is 0.0262. The third-order valence-corrected chi connectivity index (χ3v) is 5.37. The van der Waals surface area contributed by atoms with E-state index >= 15 is 0 Å². The van der Waals surface area contributed by atoms with Crippen LogP contribution in [-0.4, -0.2) is 43.5 Å². The summed E-state index contributed by atoms with van der Waals surface area (Å²) in [5.41, 5.74) is 3.02. The lowest BCUT2D eigenvalue weighted by molar-refractivity contribution is 0.186. The highest BCUT2D eigenvalue weighted by atomic mass is 32.2. The molecule has 2 heterocycles. The zero-order valence-corrected chi connectivity index (χ0v) is 16.0. The summed E-state index contributed by atoms with van der Waals surface area (Å²) in [7, 11) is 1.71. The van der Waals surface area contributed by atoms with Gasteiger partial charge < -0.3 is 9.30 Å². The topological polar surface area (TPSA) is 70.7 Å². The Kier molecular flexibility index (Phi) is 5.17. The number of tetrazole rings is 1. The number of thioether (sulfide) groups is 1. The van der Waals surface area contributed by atoms with E-state index in [1.54, 1.807) is 23.6 Å². The maximum atomic E-state index is 5.28. The molecule has 0 aliphatic rings. The fourth-order valence-corrected chi connectivity index (χ4v) is 3.99. The van der Waals surface area contributed by atoms with Gasteiger partial charge in [0.15, 0.2) is 11.0 Å². The molecule has 2 aromatic heterocycles. The van der Waals surface area contributed by atoms with Crippen LogP contribution in [0.5, 0.6) is 0 Å². The van der Waals surface area contributed by atoms with Crippen molar-refractivity contribution in [1.29, 1.82) is 0 Å². The molecule has 8 heteroatoms. The molecule has 4 rings (SSSR count). The third kappa shape index (κ3) is 3.58. The van der Waals surface area contributed by atoms with E-state index in [9.17, 15) is 0 Å². The van der Waals surface area contributed by atoms with Gasteiger partial charge in [0.05, 0.1) is 28.6 Å². The van der Waals surface area contributed by atoms with Crippen molar-refractivity contribution in [2.24, 2.45) is 0 Å². The summed E-state index contributed by atoms with van der Waals surface area (Å²) < 4.78 is 9.25. The summed E-state index contributed by atoms with van der Waals surface area (Å²) in [6.07, 6.45) is 0. The summed E-state index contributed by atoms with van der Waals surface area (Å²) in [6, 6.07) is 18.1. The lowest BCUT2D eigenvalue weighted by Crippen LogP contribution is -2.08. The molecule has 0 spiro atoms. The molecule has 0 saturated heterocycles. The van der Waals surface area contributed by atoms with Crippen LogP contribution in [-0.2, 0) is 11.3 Å². The Hall–Kier alpha value is -2.71. The average Bonchev–Trinajstić information content (AvgIpc) is 3.32. The van der Waals surface area contributed by atoms with Crippen molar-refractivity contribution >= 4 is 22.8 Å². The normalized spacial score (nSPS) is 12.5. The van der Waals surface area contributed by atoms with Gasteiger partial charge in [-0.05, 0) is 41.6 Å². The molecule has 0 N–H and O–H groups in total. The van der Waals surface area contributed by atoms with Crippen LogP contribution in [0.2, 0.25) is 0 Å². The first-order valence-electron chi connectivity index (χ1n) is 8.72. The van der Waals surface area contributed by atoms with Gasteiger partial charge >= 0.3 is 0 Å². The van der Waals surface area contributed by atoms with Crippen molar-refractivity contribution < 1.29 is 4.74 Å². The second-order valence-corrected chi connectivity index (χ2v) is 7.38. The lowest BCUT2D eigenvalue weighted by Gasteiger charge is -2.13. The van der Waals surface area contributed by atoms with Crippen molar-refractivity contribution in [3.63, 3.8) is 0 Å². The minimum absolute atomic E-state index is 0.0262. The first-order chi connectivity index (χ1) is 13.3. The quantitative estimate of drug-likeness (QED) is 0.457. The molecule has 7 nitrogen and oxygen atoms in total. The molecule has 138 valence electrons. The van der Waals surface area contributed by atoms with Crippen LogP contribution in [0.4, 0.5) is 0 Å². The largest absolute Gasteiger partial charge is 0.383 e. The van der Waals surface area contributed by atoms with E-state index in [1.165, 1.54) is 0 Å². The summed E-state index contributed by atoms with van der Waals surface area (Å²) in [6.45, 7) is 3.47. The molecule has 0 unspecified atom stereocenters. The summed E-state index contributed by atoms with van der Waals surface area (Å²) >= 11 is 1.65. The molecule has 0 saturated carbocycles. The zero-order valence-electron chi connectivity index (χ0n) is 15.2. The number of para-hydroxylation sites is 3. The molecule has 0 fully saturated rings. The third-order valence-electron chi connectivity index (χ3n) is 4.28. The van der Waals surface area contributed by atoms with Gasteiger partial charge in [-0.1, -0.05) is 42.1 Å². The molecule has 4 aromatic rings. The Bertz CT molecular complexity index is 1030. The summed E-state index contributed by atoms with van der Waals surface area (Å²) in [5.74, 6) is 0.788. The molecular weight excluding hydrogens is 360 g/mol. The predicted octanol–water partition coefficient (Wildman–Crippen LogP) is 3.51. The fourth-order valence-electron chi connectivity index (χ4n) is 2.95. The highest BCUT2D eigenvalue weighted by Gasteiger charge is 2.20. The van der Waals surface area contributed by atoms with Crippen molar-refractivity contribution in [3.8, 4) is 5.69 Å². The monoisotopic (exact) mass is 380 g/mol. The first-order valence-corrected chi connectivity index (χ1v) is 9.60. The Morgan fingerprint density at radius 3 is 2.67 bits per heavy atom. The van der Waals surface area contributed by atoms with Crippen molar-refractivity contribution in [2.75, 3.05) is 13.7 Å². The van der Waals surface area contributed by atoms with Gasteiger partial charge in [0.2, 0.25) is 0 Å². The van der Waals surface area contributed by atoms with Gasteiger partial charge in [-0.2, -0.15) is 4.68 Å². The number of aromatic nitrogens is 6. The van der Waals surface area contributed by atoms with Crippen LogP contribution in [0.25, 0.3) is 16.7 Å². The van der Waals surface area contributed by atoms with Gasteiger partial charge in [-0.15, -0.1) is 5.10 Å². The molecule has 0 aliphatic carbocycles. The van der Waals surface area contributed by atoms with Crippen LogP contribution in [0.3, 0.4) is 0 Å². The van der Waals surface area contributed by atoms with E-state index in [0.29, 0.717) is 6.61 Å². The number of nitrogens with zero attached hydrogens (tertiary/aromatic N) is 6. The van der Waals surface area contributed by atoms with E-state index in [0.717, 1.165) is 34.2 Å². The number of hydrogen-bond donors (Lipinski definition) is 0. The standard InChI is InChI=1S/C19H20N6OS/c1-14(18-21-22-23-25(18)15-8-4-3-5-9-15)27-19-20-16-10-6-7-11-17(16)24(19)12-13-26-2/h3-11,14H,12-13H2,1-2H3/t14-/m0/s1. The van der Waals surface area contributed by atoms with Crippen molar-refractivity contribution in [2.45, 2.75) is 23.9 Å². The molecule has 1 atom stereocenters. The average molecular weight is 380 g/mol. The smallest absolute Gasteiger partial charge is 0.169 e. The Balaban J connectivity index is 1.66. The van der Waals surface area contributed by atoms with E-state index in [4.69, 9.17) is 9.72 Å². The zero-order chi connectivity index (χ0) is 18.6. The van der Waals surface area contributed by atoms with E-state index in [-0.39, 0.29) is 5.25 Å². The van der Waals surface area contributed by atoms with Crippen LogP contribution in [0.15, 0.2) is 59.8 Å². The molecular formula is C19H20N6OS. The number of hydrogen-bond acceptors (Lipinski definition) is 6. The molecule has 2 aromatic carbocycles. The molecule has 0 aliphatic heterocycles. The van der Waals surface area contributed by atoms with Crippen LogP contribution in [0, 0.1) is 0 Å². The maximum Gasteiger partial charge on any atom is 0.169 e. The highest BCUT2D eigenvalue weighted by molar-refractivity contribution is 7.99. The van der Waals surface area contributed by atoms with Crippen molar-refractivity contribution in [3.05, 3.63) is 60.4 Å². The van der Waals surface area contributed by atoms with Gasteiger partial charge in [0.25, 0.3) is 0 Å². The highest BCUT2D eigenvalue weighted by Crippen LogP contribution is 2.35. The van der Waals surface area contributed by atoms with Crippen molar-refractivity contribution in [1.82, 2.24) is 29.8 Å². The van der Waals surface area contributed by atoms with Crippen LogP contribution < -0.4 is 0 Å². The Labute approximate surface area is 161 Å². The maximum absolute atomic E-state index is 5.28. The second kappa shape index (κ2) is 7.89. The lowest BCUT2D eigenvalue weighted by atomic mass is 10.3. The number of fused-ring (bicyclic) bond motifs is 1.